The Balaban J connectivity index is 2.55. The van der Waals surface area contributed by atoms with Crippen molar-refractivity contribution in [3.05, 3.63) is 12.2 Å². The highest BCUT2D eigenvalue weighted by molar-refractivity contribution is 8.23. The first kappa shape index (κ1) is 5.32. The molecule has 1 saturated heterocycles. The zero-order valence-corrected chi connectivity index (χ0v) is 5.57. The van der Waals surface area contributed by atoms with Crippen molar-refractivity contribution in [2.75, 3.05) is 5.75 Å². The van der Waals surface area contributed by atoms with E-state index in [4.69, 9.17) is 12.2 Å². The number of thioether (sulfide) groups is 1. The molecule has 7 heavy (non-hydrogen) atoms. The normalized spacial score (nSPS) is 21.1. The van der Waals surface area contributed by atoms with Crippen LogP contribution in [-0.2, 0) is 0 Å². The van der Waals surface area contributed by atoms with Crippen LogP contribution >= 0.6 is 24.0 Å². The van der Waals surface area contributed by atoms with Crippen LogP contribution in [0.2, 0.25) is 0 Å². The average Bonchev–Trinajstić information content (AvgIpc) is 1.87. The third kappa shape index (κ3) is 1.28. The van der Waals surface area contributed by atoms with Gasteiger partial charge in [-0.3, -0.25) is 0 Å². The Hall–Kier alpha value is 0.180. The maximum atomic E-state index is 4.90. The van der Waals surface area contributed by atoms with Gasteiger partial charge in [-0.25, -0.2) is 0 Å². The van der Waals surface area contributed by atoms with E-state index < -0.39 is 0 Å². The van der Waals surface area contributed by atoms with Crippen LogP contribution in [0, 0.1) is 0 Å². The third-order valence-electron chi connectivity index (χ3n) is 0.832. The second kappa shape index (κ2) is 1.97. The predicted molar refractivity (Wildman–Crippen MR) is 38.8 cm³/mol. The third-order valence-corrected chi connectivity index (χ3v) is 2.35. The number of rotatable bonds is 0. The molecule has 0 bridgehead atoms. The molecule has 0 unspecified atom stereocenters. The molecular weight excluding hydrogens is 124 g/mol. The van der Waals surface area contributed by atoms with Gasteiger partial charge < -0.3 is 0 Å². The van der Waals surface area contributed by atoms with Crippen molar-refractivity contribution in [3.8, 4) is 0 Å². The average molecular weight is 130 g/mol. The van der Waals surface area contributed by atoms with E-state index in [0.29, 0.717) is 0 Å². The first-order chi connectivity index (χ1) is 3.29. The second-order valence-electron chi connectivity index (χ2n) is 1.59. The summed E-state index contributed by atoms with van der Waals surface area (Å²) in [4.78, 5) is 0. The summed E-state index contributed by atoms with van der Waals surface area (Å²) < 4.78 is 1.10. The molecule has 0 radical (unpaired) electrons. The standard InChI is InChI=1S/C5H6S2/c1-4-2-5(6)7-3-4/h1-3H2. The molecule has 0 N–H and O–H groups in total. The lowest BCUT2D eigenvalue weighted by molar-refractivity contribution is 1.37. The van der Waals surface area contributed by atoms with Crippen LogP contribution < -0.4 is 0 Å². The van der Waals surface area contributed by atoms with Crippen LogP contribution in [0.1, 0.15) is 6.42 Å². The summed E-state index contributed by atoms with van der Waals surface area (Å²) in [6, 6.07) is 0. The highest BCUT2D eigenvalue weighted by Gasteiger charge is 2.08. The van der Waals surface area contributed by atoms with E-state index in [1.807, 2.05) is 0 Å². The zero-order chi connectivity index (χ0) is 5.28. The fourth-order valence-corrected chi connectivity index (χ4v) is 1.64. The van der Waals surface area contributed by atoms with Crippen molar-refractivity contribution >= 4 is 28.2 Å². The largest absolute Gasteiger partial charge is 0.114 e. The van der Waals surface area contributed by atoms with Crippen molar-refractivity contribution in [1.82, 2.24) is 0 Å². The molecule has 1 heterocycles. The molecular formula is C5H6S2. The van der Waals surface area contributed by atoms with Gasteiger partial charge in [0.05, 0.1) is 4.20 Å². The molecule has 0 saturated carbocycles. The lowest BCUT2D eigenvalue weighted by Crippen LogP contribution is -1.73. The van der Waals surface area contributed by atoms with Gasteiger partial charge in [-0.2, -0.15) is 0 Å². The summed E-state index contributed by atoms with van der Waals surface area (Å²) in [5.74, 6) is 1.05. The van der Waals surface area contributed by atoms with Gasteiger partial charge in [-0.05, 0) is 0 Å². The Morgan fingerprint density at radius 3 is 2.57 bits per heavy atom. The van der Waals surface area contributed by atoms with Crippen molar-refractivity contribution in [2.45, 2.75) is 6.42 Å². The molecule has 1 fully saturated rings. The first-order valence-corrected chi connectivity index (χ1v) is 3.50. The molecule has 1 aliphatic heterocycles. The van der Waals surface area contributed by atoms with Crippen LogP contribution in [0.15, 0.2) is 12.2 Å². The summed E-state index contributed by atoms with van der Waals surface area (Å²) >= 11 is 6.64. The van der Waals surface area contributed by atoms with Crippen LogP contribution in [0.4, 0.5) is 0 Å². The van der Waals surface area contributed by atoms with Crippen LogP contribution in [0.25, 0.3) is 0 Å². The van der Waals surface area contributed by atoms with Crippen molar-refractivity contribution in [3.63, 3.8) is 0 Å². The highest BCUT2D eigenvalue weighted by Crippen LogP contribution is 2.23. The molecule has 0 amide bonds. The van der Waals surface area contributed by atoms with Gasteiger partial charge in [0.25, 0.3) is 0 Å². The molecule has 0 atom stereocenters. The zero-order valence-electron chi connectivity index (χ0n) is 3.94. The summed E-state index contributed by atoms with van der Waals surface area (Å²) in [5, 5.41) is 0. The van der Waals surface area contributed by atoms with E-state index in [1.165, 1.54) is 5.57 Å². The number of thiocarbonyl (C=S) groups is 1. The first-order valence-electron chi connectivity index (χ1n) is 2.11. The maximum Gasteiger partial charge on any atom is 0.0522 e. The fourth-order valence-electron chi connectivity index (χ4n) is 0.489. The molecule has 0 aliphatic carbocycles. The molecule has 0 aromatic heterocycles. The van der Waals surface area contributed by atoms with Crippen molar-refractivity contribution < 1.29 is 0 Å². The van der Waals surface area contributed by atoms with Crippen molar-refractivity contribution in [1.29, 1.82) is 0 Å². The maximum absolute atomic E-state index is 4.90. The SMILES string of the molecule is C=C1CSC(=S)C1. The van der Waals surface area contributed by atoms with E-state index in [0.717, 1.165) is 16.4 Å². The van der Waals surface area contributed by atoms with Gasteiger partial charge in [-0.1, -0.05) is 24.4 Å². The van der Waals surface area contributed by atoms with Gasteiger partial charge in [0.15, 0.2) is 0 Å². The molecule has 0 aromatic carbocycles. The lowest BCUT2D eigenvalue weighted by atomic mass is 10.3. The van der Waals surface area contributed by atoms with Gasteiger partial charge >= 0.3 is 0 Å². The van der Waals surface area contributed by atoms with E-state index >= 15 is 0 Å². The molecule has 2 heteroatoms. The predicted octanol–water partition coefficient (Wildman–Crippen LogP) is 2.01. The Labute approximate surface area is 53.0 Å². The van der Waals surface area contributed by atoms with Gasteiger partial charge in [0.2, 0.25) is 0 Å². The van der Waals surface area contributed by atoms with Gasteiger partial charge in [-0.15, -0.1) is 11.8 Å². The molecule has 38 valence electrons. The lowest BCUT2D eigenvalue weighted by Gasteiger charge is -1.78. The Morgan fingerprint density at radius 1 is 1.71 bits per heavy atom. The smallest absolute Gasteiger partial charge is 0.0522 e. The van der Waals surface area contributed by atoms with E-state index in [9.17, 15) is 0 Å². The van der Waals surface area contributed by atoms with Crippen molar-refractivity contribution in [2.24, 2.45) is 0 Å². The molecule has 0 spiro atoms. The molecule has 1 aliphatic rings. The van der Waals surface area contributed by atoms with Gasteiger partial charge in [0, 0.05) is 12.2 Å². The van der Waals surface area contributed by atoms with Gasteiger partial charge in [0.1, 0.15) is 0 Å². The second-order valence-corrected chi connectivity index (χ2v) is 3.41. The molecule has 0 aromatic rings. The summed E-state index contributed by atoms with van der Waals surface area (Å²) in [7, 11) is 0. The highest BCUT2D eigenvalue weighted by atomic mass is 32.2. The van der Waals surface area contributed by atoms with Crippen LogP contribution in [0.5, 0.6) is 0 Å². The van der Waals surface area contributed by atoms with Crippen LogP contribution in [-0.4, -0.2) is 9.95 Å². The minimum Gasteiger partial charge on any atom is -0.114 e. The summed E-state index contributed by atoms with van der Waals surface area (Å²) in [5.41, 5.74) is 1.27. The monoisotopic (exact) mass is 130 g/mol. The molecule has 0 nitrogen and oxygen atoms in total. The minimum atomic E-state index is 0.972. The quantitative estimate of drug-likeness (QED) is 0.363. The summed E-state index contributed by atoms with van der Waals surface area (Å²) in [6.07, 6.45) is 0.972. The molecule has 1 rings (SSSR count). The fraction of sp³-hybridized carbons (Fsp3) is 0.400. The van der Waals surface area contributed by atoms with E-state index in [-0.39, 0.29) is 0 Å². The minimum absolute atomic E-state index is 0.972. The summed E-state index contributed by atoms with van der Waals surface area (Å²) in [6.45, 7) is 3.80. The Bertz CT molecular complexity index is 101. The van der Waals surface area contributed by atoms with E-state index in [2.05, 4.69) is 6.58 Å². The topological polar surface area (TPSA) is 0 Å². The van der Waals surface area contributed by atoms with Crippen LogP contribution in [0.3, 0.4) is 0 Å². The Kier molecular flexibility index (Phi) is 1.50. The van der Waals surface area contributed by atoms with E-state index in [1.54, 1.807) is 11.8 Å². The number of hydrogen-bond donors (Lipinski definition) is 0. The Morgan fingerprint density at radius 2 is 2.43 bits per heavy atom. The number of hydrogen-bond acceptors (Lipinski definition) is 2.